The molecule has 5 N–H and O–H groups in total. The number of hydrogen-bond donors (Lipinski definition) is 5. The normalized spacial score (nSPS) is 31.9. The van der Waals surface area contributed by atoms with Crippen LogP contribution in [0.15, 0.2) is 24.0 Å². The Kier molecular flexibility index (Phi) is 5.35. The number of phenols is 1. The average molecular weight is 488 g/mol. The summed E-state index contributed by atoms with van der Waals surface area (Å²) in [4.78, 5) is 37.7. The molecule has 2 unspecified atom stereocenters. The molecule has 6 atom stereocenters. The lowest BCUT2D eigenvalue weighted by Gasteiger charge is -2.61. The van der Waals surface area contributed by atoms with Crippen LogP contribution in [-0.4, -0.2) is 86.7 Å². The Morgan fingerprint density at radius 2 is 2.09 bits per heavy atom. The van der Waals surface area contributed by atoms with Gasteiger partial charge < -0.3 is 40.1 Å². The highest BCUT2D eigenvalue weighted by Gasteiger charge is 2.72. The van der Waals surface area contributed by atoms with Gasteiger partial charge in [0.15, 0.2) is 17.6 Å². The molecule has 11 heteroatoms. The number of amides is 1. The Morgan fingerprint density at radius 3 is 2.80 bits per heavy atom. The zero-order chi connectivity index (χ0) is 25.3. The lowest BCUT2D eigenvalue weighted by molar-refractivity contribution is -0.170. The number of nitrogens with one attached hydrogen (secondary N) is 1. The number of carboxylic acids is 1. The first-order valence-electron chi connectivity index (χ1n) is 11.6. The van der Waals surface area contributed by atoms with Crippen molar-refractivity contribution in [3.8, 4) is 11.5 Å². The van der Waals surface area contributed by atoms with E-state index >= 15 is 0 Å². The van der Waals surface area contributed by atoms with Crippen molar-refractivity contribution < 1.29 is 44.3 Å². The summed E-state index contributed by atoms with van der Waals surface area (Å²) in [6.45, 7) is 2.03. The van der Waals surface area contributed by atoms with Crippen molar-refractivity contribution in [3.05, 3.63) is 35.1 Å². The number of hydrogen-bond acceptors (Lipinski definition) is 9. The van der Waals surface area contributed by atoms with E-state index in [1.54, 1.807) is 12.1 Å². The Bertz CT molecular complexity index is 1150. The van der Waals surface area contributed by atoms with Gasteiger partial charge in [0.1, 0.15) is 17.9 Å². The Balaban J connectivity index is 1.43. The summed E-state index contributed by atoms with van der Waals surface area (Å²) >= 11 is 0. The number of benzene rings is 1. The van der Waals surface area contributed by atoms with Gasteiger partial charge in [0.05, 0.1) is 17.4 Å². The summed E-state index contributed by atoms with van der Waals surface area (Å²) in [7, 11) is 1.97. The van der Waals surface area contributed by atoms with Crippen LogP contribution in [0.3, 0.4) is 0 Å². The molecular weight excluding hydrogens is 460 g/mol. The molecule has 5 rings (SSSR count). The second-order valence-electron chi connectivity index (χ2n) is 9.87. The molecule has 2 aliphatic heterocycles. The number of likely N-dealkylation sites (tertiary alicyclic amines) is 1. The fourth-order valence-corrected chi connectivity index (χ4v) is 6.27. The molecule has 4 aliphatic rings. The van der Waals surface area contributed by atoms with Crippen molar-refractivity contribution in [3.63, 3.8) is 0 Å². The first kappa shape index (κ1) is 23.6. The molecular formula is C24H28N2O9. The van der Waals surface area contributed by atoms with Crippen molar-refractivity contribution in [2.75, 3.05) is 13.6 Å². The van der Waals surface area contributed by atoms with Crippen molar-refractivity contribution in [1.82, 2.24) is 10.2 Å². The molecule has 1 fully saturated rings. The average Bonchev–Trinajstić information content (AvgIpc) is 3.15. The maximum atomic E-state index is 12.8. The van der Waals surface area contributed by atoms with Gasteiger partial charge in [-0.15, -0.1) is 0 Å². The number of ether oxygens (including phenoxy) is 2. The highest BCUT2D eigenvalue weighted by atomic mass is 16.6. The van der Waals surface area contributed by atoms with Crippen LogP contribution in [0.1, 0.15) is 37.3 Å². The van der Waals surface area contributed by atoms with E-state index < -0.39 is 53.5 Å². The SMILES string of the molecule is C[C@H](NC(=O)[C@@H](O)CC(=O)O)C(=O)OC1=CC[C@@]2(O)[C@H]3Cc4ccc(O)c5c4C2(CCN3C)C1O5. The Morgan fingerprint density at radius 1 is 1.34 bits per heavy atom. The van der Waals surface area contributed by atoms with E-state index in [0.717, 1.165) is 11.1 Å². The molecule has 11 nitrogen and oxygen atoms in total. The number of aromatic hydroxyl groups is 1. The minimum absolute atomic E-state index is 0.0500. The van der Waals surface area contributed by atoms with Gasteiger partial charge >= 0.3 is 11.9 Å². The van der Waals surface area contributed by atoms with Gasteiger partial charge in [-0.2, -0.15) is 0 Å². The molecule has 1 amide bonds. The number of rotatable bonds is 6. The van der Waals surface area contributed by atoms with Crippen LogP contribution < -0.4 is 10.1 Å². The zero-order valence-electron chi connectivity index (χ0n) is 19.4. The highest BCUT2D eigenvalue weighted by molar-refractivity contribution is 5.89. The van der Waals surface area contributed by atoms with E-state index in [2.05, 4.69) is 10.2 Å². The van der Waals surface area contributed by atoms with Gasteiger partial charge in [-0.3, -0.25) is 9.59 Å². The third kappa shape index (κ3) is 3.25. The van der Waals surface area contributed by atoms with Gasteiger partial charge in [-0.1, -0.05) is 6.07 Å². The molecule has 0 radical (unpaired) electrons. The van der Waals surface area contributed by atoms with E-state index in [1.807, 2.05) is 13.1 Å². The van der Waals surface area contributed by atoms with E-state index in [4.69, 9.17) is 14.6 Å². The van der Waals surface area contributed by atoms with Crippen LogP contribution in [-0.2, 0) is 31.0 Å². The number of esters is 1. The molecule has 0 aromatic heterocycles. The molecule has 188 valence electrons. The van der Waals surface area contributed by atoms with E-state index in [-0.39, 0.29) is 29.7 Å². The predicted molar refractivity (Wildman–Crippen MR) is 119 cm³/mol. The Hall–Kier alpha value is -3.15. The van der Waals surface area contributed by atoms with Gasteiger partial charge in [0.2, 0.25) is 5.91 Å². The largest absolute Gasteiger partial charge is 0.504 e. The maximum Gasteiger partial charge on any atom is 0.333 e. The fraction of sp³-hybridized carbons (Fsp3) is 0.542. The van der Waals surface area contributed by atoms with Crippen molar-refractivity contribution in [1.29, 1.82) is 0 Å². The van der Waals surface area contributed by atoms with Crippen molar-refractivity contribution in [2.45, 2.75) is 67.9 Å². The summed E-state index contributed by atoms with van der Waals surface area (Å²) in [5, 5.41) is 43.3. The number of carboxylic acid groups (broad SMARTS) is 1. The second kappa shape index (κ2) is 7.94. The quantitative estimate of drug-likeness (QED) is 0.331. The number of aliphatic hydroxyl groups excluding tert-OH is 1. The van der Waals surface area contributed by atoms with Crippen LogP contribution in [0.2, 0.25) is 0 Å². The van der Waals surface area contributed by atoms with E-state index in [0.29, 0.717) is 19.4 Å². The maximum absolute atomic E-state index is 12.8. The molecule has 2 aliphatic carbocycles. The predicted octanol–water partition coefficient (Wildman–Crippen LogP) is -0.447. The number of aliphatic hydroxyl groups is 2. The van der Waals surface area contributed by atoms with Crippen LogP contribution in [0.5, 0.6) is 11.5 Å². The number of phenolic OH excluding ortho intramolecular Hbond substituents is 1. The lowest BCUT2D eigenvalue weighted by atomic mass is 9.50. The van der Waals surface area contributed by atoms with Gasteiger partial charge in [0.25, 0.3) is 0 Å². The molecule has 1 aromatic rings. The van der Waals surface area contributed by atoms with E-state index in [9.17, 15) is 29.7 Å². The standard InChI is InChI=1S/C24H28N2O9/c1-11(25-21(31)14(28)10-17(29)30)22(32)34-15-5-6-24(33)16-9-12-3-4-13(27)19-18(12)23(24,20(15)35-19)7-8-26(16)2/h3-5,11,14,16,20,27-28,33H,6-10H2,1-2H3,(H,25,31)(H,29,30)/t11-,14-,16+,20?,23?,24+/m0/s1. The number of aliphatic carboxylic acids is 1. The summed E-state index contributed by atoms with van der Waals surface area (Å²) in [6, 6.07) is 2.04. The molecule has 2 bridgehead atoms. The highest BCUT2D eigenvalue weighted by Crippen LogP contribution is 2.65. The third-order valence-electron chi connectivity index (χ3n) is 7.95. The van der Waals surface area contributed by atoms with Crippen LogP contribution >= 0.6 is 0 Å². The topological polar surface area (TPSA) is 166 Å². The minimum atomic E-state index is -1.81. The van der Waals surface area contributed by atoms with Crippen LogP contribution in [0, 0.1) is 0 Å². The summed E-state index contributed by atoms with van der Waals surface area (Å²) in [5.74, 6) is -2.78. The number of carbonyl (C=O) groups is 3. The number of likely N-dealkylation sites (N-methyl/N-ethyl adjacent to an activating group) is 1. The monoisotopic (exact) mass is 488 g/mol. The number of piperidine rings is 1. The molecule has 0 saturated carbocycles. The smallest absolute Gasteiger partial charge is 0.333 e. The van der Waals surface area contributed by atoms with Crippen molar-refractivity contribution >= 4 is 17.8 Å². The molecule has 1 spiro atoms. The fourth-order valence-electron chi connectivity index (χ4n) is 6.27. The van der Waals surface area contributed by atoms with Crippen molar-refractivity contribution in [2.24, 2.45) is 0 Å². The summed E-state index contributed by atoms with van der Waals surface area (Å²) < 4.78 is 11.8. The summed E-state index contributed by atoms with van der Waals surface area (Å²) in [5.41, 5.74) is -0.385. The first-order valence-corrected chi connectivity index (χ1v) is 11.6. The van der Waals surface area contributed by atoms with Crippen LogP contribution in [0.4, 0.5) is 0 Å². The molecule has 1 saturated heterocycles. The Labute approximate surface area is 200 Å². The zero-order valence-corrected chi connectivity index (χ0v) is 19.4. The lowest BCUT2D eigenvalue weighted by Crippen LogP contribution is -2.74. The third-order valence-corrected chi connectivity index (χ3v) is 7.95. The van der Waals surface area contributed by atoms with Gasteiger partial charge in [-0.05, 0) is 51.1 Å². The molecule has 2 heterocycles. The second-order valence-corrected chi connectivity index (χ2v) is 9.87. The van der Waals surface area contributed by atoms with Gasteiger partial charge in [0, 0.05) is 18.0 Å². The first-order chi connectivity index (χ1) is 16.5. The molecule has 35 heavy (non-hydrogen) atoms. The van der Waals surface area contributed by atoms with Crippen LogP contribution in [0.25, 0.3) is 0 Å². The molecule has 1 aromatic carbocycles. The van der Waals surface area contributed by atoms with E-state index in [1.165, 1.54) is 6.92 Å². The minimum Gasteiger partial charge on any atom is -0.504 e. The van der Waals surface area contributed by atoms with Gasteiger partial charge in [-0.25, -0.2) is 4.79 Å². The summed E-state index contributed by atoms with van der Waals surface area (Å²) in [6.07, 6.45) is -0.519. The number of carbonyl (C=O) groups excluding carboxylic acids is 2. The number of nitrogens with zero attached hydrogens (tertiary/aromatic N) is 1.